The van der Waals surface area contributed by atoms with Crippen molar-refractivity contribution in [3.63, 3.8) is 0 Å². The van der Waals surface area contributed by atoms with Crippen molar-refractivity contribution in [2.45, 2.75) is 154 Å². The number of nitrogens with one attached hydrogen (secondary N) is 4. The number of nitrogens with zero attached hydrogens (tertiary/aromatic N) is 5. The Balaban J connectivity index is 0.00000540. The molecule has 5 N–H and O–H groups in total. The lowest BCUT2D eigenvalue weighted by Gasteiger charge is -2.38. The number of ether oxygens (including phenoxy) is 3. The van der Waals surface area contributed by atoms with E-state index in [1.165, 1.54) is 57.7 Å². The number of Topliss-reactive ketones (excluding diaryl/α,β-unsaturated/α-hetero) is 1. The SMILES string of the molecule is CCC[C@H](Cc1ccc(O)c(NC(=O)CCOCCOCCNP2(=O)CCCN3C(=O)CC(SCSC4CC(=O)N(CCN2)C4=O)C3=O)c1)NC(=O)c1csc([C@@H](C[C@H](C(C)C)N(C)C(=O)[C@@H](CC(=O)C(C)(C)N(C)C)[C@@H](C)CC)OC(C)=O)n1.O=C=O. The molecular formula is C59H90N9O16PS3. The fourth-order valence-corrected chi connectivity index (χ4v) is 15.6. The zero-order valence-electron chi connectivity index (χ0n) is 52.5. The van der Waals surface area contributed by atoms with Crippen LogP contribution >= 0.6 is 42.3 Å². The van der Waals surface area contributed by atoms with Gasteiger partial charge in [0.25, 0.3) is 5.91 Å². The Morgan fingerprint density at radius 1 is 0.932 bits per heavy atom. The first kappa shape index (κ1) is 75.1. The van der Waals surface area contributed by atoms with Gasteiger partial charge in [-0.1, -0.05) is 53.5 Å². The molecule has 29 heteroatoms. The summed E-state index contributed by atoms with van der Waals surface area (Å²) in [4.78, 5) is 146. The van der Waals surface area contributed by atoms with Crippen LogP contribution in [-0.4, -0.2) is 202 Å². The second-order valence-electron chi connectivity index (χ2n) is 23.1. The number of esters is 1. The average molecular weight is 1310 g/mol. The summed E-state index contributed by atoms with van der Waals surface area (Å²) in [5.41, 5.74) is 0.295. The molecule has 3 unspecified atom stereocenters. The molecule has 490 valence electrons. The first-order valence-corrected chi connectivity index (χ1v) is 34.7. The van der Waals surface area contributed by atoms with Crippen molar-refractivity contribution in [2.75, 3.05) is 90.3 Å². The average Bonchev–Trinajstić information content (AvgIpc) is 3.07. The molecule has 0 radical (unpaired) electrons. The maximum absolute atomic E-state index is 14.4. The van der Waals surface area contributed by atoms with Gasteiger partial charge < -0.3 is 34.9 Å². The van der Waals surface area contributed by atoms with E-state index in [4.69, 9.17) is 23.8 Å². The number of carbonyl (C=O) groups excluding carboxylic acids is 11. The van der Waals surface area contributed by atoms with E-state index in [1.54, 1.807) is 29.5 Å². The lowest BCUT2D eigenvalue weighted by molar-refractivity contribution is -0.192. The van der Waals surface area contributed by atoms with Crippen LogP contribution in [0.3, 0.4) is 0 Å². The third-order valence-electron chi connectivity index (χ3n) is 16.0. The van der Waals surface area contributed by atoms with Gasteiger partial charge in [0.1, 0.15) is 16.5 Å². The molecule has 1 aromatic heterocycles. The van der Waals surface area contributed by atoms with Crippen molar-refractivity contribution in [2.24, 2.45) is 17.8 Å². The smallest absolute Gasteiger partial charge is 0.373 e. The van der Waals surface area contributed by atoms with Crippen molar-refractivity contribution in [1.82, 2.24) is 40.1 Å². The largest absolute Gasteiger partial charge is 0.506 e. The fourth-order valence-electron chi connectivity index (χ4n) is 10.1. The molecule has 25 nitrogen and oxygen atoms in total. The second-order valence-corrected chi connectivity index (χ2v) is 29.3. The highest BCUT2D eigenvalue weighted by Crippen LogP contribution is 2.39. The fraction of sp³-hybridized carbons (Fsp3) is 0.678. The quantitative estimate of drug-likeness (QED) is 0.0207. The summed E-state index contributed by atoms with van der Waals surface area (Å²) in [5, 5.41) is 23.8. The van der Waals surface area contributed by atoms with Crippen LogP contribution in [0.2, 0.25) is 0 Å². The Bertz CT molecular complexity index is 2760. The highest BCUT2D eigenvalue weighted by Gasteiger charge is 2.43. The van der Waals surface area contributed by atoms with Crippen molar-refractivity contribution < 1.29 is 76.6 Å². The molecule has 2 aromatic rings. The zero-order chi connectivity index (χ0) is 65.5. The molecule has 4 heterocycles. The number of hydrogen-bond donors (Lipinski definition) is 5. The first-order chi connectivity index (χ1) is 41.6. The maximum Gasteiger partial charge on any atom is 0.373 e. The summed E-state index contributed by atoms with van der Waals surface area (Å²) in [6.45, 7) is 15.9. The monoisotopic (exact) mass is 1310 g/mol. The number of aromatic nitrogens is 1. The highest BCUT2D eigenvalue weighted by molar-refractivity contribution is 8.17. The number of likely N-dealkylation sites (N-methyl/N-ethyl adjacent to an activating group) is 1. The standard InChI is InChI=1S/C58H90N9O14PS3.CO2/c1-12-15-40(61-53(74)43-34-83-54(63-43)46(81-38(6)68)31-44(36(3)4)65(11)55(75)41(37(5)13-2)30-49(70)58(7,8)64(9)10)28-39-16-17-45(69)42(29-39)62-50(71)18-23-79-25-26-80-24-20-60-82(78)27-14-21-66-51(72)32-47(56(66)76)84-35-85-48-33-52(73)67(57(48)77)22-19-59-82;2-1-3/h16-17,29,34,36-37,40-41,44,46-48,69H,12-15,18-28,30-33,35H2,1-11H3,(H,61,74)(H,62,71)(H2,59,60,78);/t37-,40+,41-,44+,46+,47?,48?,82?;/m0./s1. The Morgan fingerprint density at radius 3 is 2.15 bits per heavy atom. The van der Waals surface area contributed by atoms with Gasteiger partial charge >= 0.3 is 12.1 Å². The van der Waals surface area contributed by atoms with Gasteiger partial charge in [-0.25, -0.2) is 4.98 Å². The number of thiazole rings is 1. The van der Waals surface area contributed by atoms with Crippen molar-refractivity contribution in [3.05, 3.63) is 39.8 Å². The molecule has 7 amide bonds. The Hall–Kier alpha value is -5.41. The number of phenolic OH excluding ortho intramolecular Hbond substituents is 1. The molecule has 0 aliphatic carbocycles. The summed E-state index contributed by atoms with van der Waals surface area (Å²) in [5.74, 6) is -3.64. The predicted molar refractivity (Wildman–Crippen MR) is 334 cm³/mol. The number of ketones is 1. The number of carbonyl (C=O) groups is 9. The maximum atomic E-state index is 14.4. The van der Waals surface area contributed by atoms with E-state index < -0.39 is 59.3 Å². The molecule has 5 rings (SSSR count). The Labute approximate surface area is 528 Å². The minimum absolute atomic E-state index is 0.0294. The number of aromatic hydroxyl groups is 1. The van der Waals surface area contributed by atoms with Gasteiger partial charge in [-0.15, -0.1) is 34.9 Å². The Morgan fingerprint density at radius 2 is 1.56 bits per heavy atom. The minimum Gasteiger partial charge on any atom is -0.506 e. The van der Waals surface area contributed by atoms with Crippen LogP contribution in [0.25, 0.3) is 0 Å². The summed E-state index contributed by atoms with van der Waals surface area (Å²) >= 11 is 3.77. The van der Waals surface area contributed by atoms with Gasteiger partial charge in [0.15, 0.2) is 11.9 Å². The summed E-state index contributed by atoms with van der Waals surface area (Å²) in [6.07, 6.45) is 2.51. The first-order valence-electron chi connectivity index (χ1n) is 29.8. The second kappa shape index (κ2) is 36.4. The van der Waals surface area contributed by atoms with Crippen molar-refractivity contribution in [3.8, 4) is 5.75 Å². The number of phenols is 1. The number of benzene rings is 1. The summed E-state index contributed by atoms with van der Waals surface area (Å²) in [7, 11) is 2.09. The lowest BCUT2D eigenvalue weighted by Crippen LogP contribution is -2.50. The van der Waals surface area contributed by atoms with Gasteiger partial charge in [-0.2, -0.15) is 9.59 Å². The van der Waals surface area contributed by atoms with Gasteiger partial charge in [0, 0.05) is 100 Å². The Kier molecular flexibility index (Phi) is 31.1. The van der Waals surface area contributed by atoms with Crippen LogP contribution in [0.1, 0.15) is 140 Å². The van der Waals surface area contributed by atoms with E-state index in [0.29, 0.717) is 29.4 Å². The molecule has 0 saturated carbocycles. The van der Waals surface area contributed by atoms with Gasteiger partial charge in [0.2, 0.25) is 42.9 Å². The van der Waals surface area contributed by atoms with E-state index in [2.05, 4.69) is 25.8 Å². The van der Waals surface area contributed by atoms with E-state index in [-0.39, 0.29) is 174 Å². The van der Waals surface area contributed by atoms with Crippen LogP contribution in [0, 0.1) is 17.8 Å². The normalized spacial score (nSPS) is 20.1. The number of thioether (sulfide) groups is 2. The minimum atomic E-state index is -3.33. The highest BCUT2D eigenvalue weighted by atomic mass is 32.2. The van der Waals surface area contributed by atoms with Gasteiger partial charge in [-0.05, 0) is 76.7 Å². The third kappa shape index (κ3) is 22.5. The molecule has 8 atom stereocenters. The lowest BCUT2D eigenvalue weighted by atomic mass is 9.81. The van der Waals surface area contributed by atoms with Gasteiger partial charge in [-0.3, -0.25) is 72.6 Å². The van der Waals surface area contributed by atoms with E-state index in [9.17, 15) is 52.8 Å². The predicted octanol–water partition coefficient (Wildman–Crippen LogP) is 5.66. The third-order valence-corrected chi connectivity index (χ3v) is 22.0. The van der Waals surface area contributed by atoms with Crippen molar-refractivity contribution >= 4 is 107 Å². The molecule has 4 bridgehead atoms. The number of fused-ring (bicyclic) bond motifs is 4. The van der Waals surface area contributed by atoms with Crippen molar-refractivity contribution in [1.29, 1.82) is 0 Å². The molecule has 3 saturated heterocycles. The number of rotatable bonds is 30. The molecule has 88 heavy (non-hydrogen) atoms. The van der Waals surface area contributed by atoms with Crippen LogP contribution in [-0.2, 0) is 73.1 Å². The van der Waals surface area contributed by atoms with Crippen LogP contribution < -0.4 is 20.8 Å². The van der Waals surface area contributed by atoms with E-state index >= 15 is 0 Å². The summed E-state index contributed by atoms with van der Waals surface area (Å²) < 4.78 is 31.2. The molecule has 3 aliphatic rings. The topological polar surface area (TPSA) is 327 Å². The number of imide groups is 2. The summed E-state index contributed by atoms with van der Waals surface area (Å²) in [6, 6.07) is 4.07. The number of amides is 7. The zero-order valence-corrected chi connectivity index (χ0v) is 55.9. The molecule has 0 spiro atoms. The molecule has 3 aliphatic heterocycles. The van der Waals surface area contributed by atoms with E-state index in [1.807, 2.05) is 67.5 Å². The molecular weight excluding hydrogens is 1220 g/mol. The van der Waals surface area contributed by atoms with Gasteiger partial charge in [0.05, 0.1) is 54.6 Å². The number of hydrogen-bond acceptors (Lipinski definition) is 21. The van der Waals surface area contributed by atoms with Crippen LogP contribution in [0.4, 0.5) is 5.69 Å². The number of anilines is 1. The molecule has 3 fully saturated rings. The van der Waals surface area contributed by atoms with E-state index in [0.717, 1.165) is 12.0 Å². The van der Waals surface area contributed by atoms with Crippen LogP contribution in [0.15, 0.2) is 23.6 Å². The van der Waals surface area contributed by atoms with Crippen LogP contribution in [0.5, 0.6) is 5.75 Å². The molecule has 1 aromatic carbocycles.